The first-order valence-electron chi connectivity index (χ1n) is 5.25. The molecule has 0 aliphatic carbocycles. The minimum absolute atomic E-state index is 0.0815. The molecule has 1 rings (SSSR count). The van der Waals surface area contributed by atoms with Gasteiger partial charge in [0.1, 0.15) is 0 Å². The zero-order valence-corrected chi connectivity index (χ0v) is 10.6. The maximum Gasteiger partial charge on any atom is 0.194 e. The molecule has 0 bridgehead atoms. The van der Waals surface area contributed by atoms with E-state index in [1.807, 2.05) is 27.8 Å². The third kappa shape index (κ3) is 2.86. The Kier molecular flexibility index (Phi) is 4.42. The van der Waals surface area contributed by atoms with E-state index in [4.69, 9.17) is 0 Å². The van der Waals surface area contributed by atoms with Crippen molar-refractivity contribution in [3.8, 4) is 0 Å². The fraction of sp³-hybridized carbons (Fsp3) is 0.636. The molecule has 1 heterocycles. The second-order valence-corrected chi connectivity index (χ2v) is 4.82. The zero-order valence-electron chi connectivity index (χ0n) is 9.76. The Morgan fingerprint density at radius 2 is 2.27 bits per heavy atom. The molecule has 0 saturated carbocycles. The minimum atomic E-state index is 0.0815. The first-order chi connectivity index (χ1) is 7.10. The van der Waals surface area contributed by atoms with Crippen LogP contribution in [0.3, 0.4) is 0 Å². The van der Waals surface area contributed by atoms with Gasteiger partial charge in [0, 0.05) is 17.3 Å². The molecule has 0 aliphatic rings. The number of carbonyl (C=O) groups is 1. The predicted molar refractivity (Wildman–Crippen MR) is 63.4 cm³/mol. The van der Waals surface area contributed by atoms with Crippen molar-refractivity contribution in [3.05, 3.63) is 15.6 Å². The third-order valence-electron chi connectivity index (χ3n) is 2.50. The summed E-state index contributed by atoms with van der Waals surface area (Å²) in [4.78, 5) is 17.4. The van der Waals surface area contributed by atoms with E-state index in [0.717, 1.165) is 23.5 Å². The highest BCUT2D eigenvalue weighted by Gasteiger charge is 2.18. The first kappa shape index (κ1) is 12.3. The van der Waals surface area contributed by atoms with Crippen LogP contribution in [0.5, 0.6) is 0 Å². The molecule has 0 fully saturated rings. The van der Waals surface area contributed by atoms with Gasteiger partial charge in [-0.25, -0.2) is 4.98 Å². The van der Waals surface area contributed by atoms with E-state index < -0.39 is 0 Å². The standard InChI is InChI=1S/C11H18N2OS/c1-5-7(2)10(14)11-13-8(3)9(15-11)6-12-4/h7,12H,5-6H2,1-4H3. The molecule has 1 aromatic heterocycles. The van der Waals surface area contributed by atoms with Crippen LogP contribution in [-0.4, -0.2) is 17.8 Å². The smallest absolute Gasteiger partial charge is 0.194 e. The van der Waals surface area contributed by atoms with Gasteiger partial charge in [-0.1, -0.05) is 13.8 Å². The lowest BCUT2D eigenvalue weighted by Crippen LogP contribution is -2.09. The molecule has 1 N–H and O–H groups in total. The van der Waals surface area contributed by atoms with Crippen LogP contribution in [0.4, 0.5) is 0 Å². The highest BCUT2D eigenvalue weighted by Crippen LogP contribution is 2.21. The first-order valence-corrected chi connectivity index (χ1v) is 6.06. The van der Waals surface area contributed by atoms with Gasteiger partial charge < -0.3 is 5.32 Å². The predicted octanol–water partition coefficient (Wildman–Crippen LogP) is 2.40. The van der Waals surface area contributed by atoms with Gasteiger partial charge in [-0.15, -0.1) is 11.3 Å². The number of ketones is 1. The molecule has 0 aromatic carbocycles. The summed E-state index contributed by atoms with van der Waals surface area (Å²) < 4.78 is 0. The average molecular weight is 226 g/mol. The Morgan fingerprint density at radius 3 is 2.80 bits per heavy atom. The van der Waals surface area contributed by atoms with E-state index in [0.29, 0.717) is 5.01 Å². The van der Waals surface area contributed by atoms with E-state index in [2.05, 4.69) is 10.3 Å². The molecule has 1 unspecified atom stereocenters. The summed E-state index contributed by atoms with van der Waals surface area (Å²) in [5.74, 6) is 0.255. The van der Waals surface area contributed by atoms with Crippen LogP contribution >= 0.6 is 11.3 Å². The maximum absolute atomic E-state index is 11.9. The summed E-state index contributed by atoms with van der Waals surface area (Å²) in [5, 5.41) is 3.74. The number of aryl methyl sites for hydroxylation is 1. The molecular weight excluding hydrogens is 208 g/mol. The Hall–Kier alpha value is -0.740. The van der Waals surface area contributed by atoms with E-state index in [1.165, 1.54) is 11.3 Å². The number of nitrogens with zero attached hydrogens (tertiary/aromatic N) is 1. The Bertz CT molecular complexity index is 346. The molecule has 84 valence electrons. The van der Waals surface area contributed by atoms with Gasteiger partial charge in [0.05, 0.1) is 5.69 Å². The molecule has 0 spiro atoms. The lowest BCUT2D eigenvalue weighted by Gasteiger charge is -2.02. The van der Waals surface area contributed by atoms with Crippen molar-refractivity contribution in [2.24, 2.45) is 5.92 Å². The van der Waals surface area contributed by atoms with Gasteiger partial charge in [0.25, 0.3) is 0 Å². The molecule has 0 radical (unpaired) electrons. The molecule has 1 aromatic rings. The minimum Gasteiger partial charge on any atom is -0.315 e. The van der Waals surface area contributed by atoms with Crippen LogP contribution in [0.25, 0.3) is 0 Å². The number of nitrogens with one attached hydrogen (secondary N) is 1. The summed E-state index contributed by atoms with van der Waals surface area (Å²) in [5.41, 5.74) is 0.973. The fourth-order valence-corrected chi connectivity index (χ4v) is 2.38. The number of carbonyl (C=O) groups excluding carboxylic acids is 1. The highest BCUT2D eigenvalue weighted by atomic mass is 32.1. The van der Waals surface area contributed by atoms with Crippen molar-refractivity contribution in [2.45, 2.75) is 33.7 Å². The second-order valence-electron chi connectivity index (χ2n) is 3.73. The molecule has 1 atom stereocenters. The molecule has 4 heteroatoms. The van der Waals surface area contributed by atoms with Crippen LogP contribution in [0.2, 0.25) is 0 Å². The number of hydrogen-bond donors (Lipinski definition) is 1. The fourth-order valence-electron chi connectivity index (χ4n) is 1.25. The topological polar surface area (TPSA) is 42.0 Å². The summed E-state index contributed by atoms with van der Waals surface area (Å²) in [7, 11) is 1.90. The van der Waals surface area contributed by atoms with Crippen molar-refractivity contribution in [1.29, 1.82) is 0 Å². The average Bonchev–Trinajstić information content (AvgIpc) is 2.59. The molecule has 0 aliphatic heterocycles. The monoisotopic (exact) mass is 226 g/mol. The summed E-state index contributed by atoms with van der Waals surface area (Å²) in [6.07, 6.45) is 0.874. The number of hydrogen-bond acceptors (Lipinski definition) is 4. The number of Topliss-reactive ketones (excluding diaryl/α,β-unsaturated/α-hetero) is 1. The number of rotatable bonds is 5. The third-order valence-corrected chi connectivity index (χ3v) is 3.67. The largest absolute Gasteiger partial charge is 0.315 e. The molecule has 15 heavy (non-hydrogen) atoms. The van der Waals surface area contributed by atoms with Crippen molar-refractivity contribution in [2.75, 3.05) is 7.05 Å². The van der Waals surface area contributed by atoms with Crippen LogP contribution in [0.1, 0.15) is 40.6 Å². The van der Waals surface area contributed by atoms with Crippen molar-refractivity contribution < 1.29 is 4.79 Å². The molecule has 0 amide bonds. The maximum atomic E-state index is 11.9. The summed E-state index contributed by atoms with van der Waals surface area (Å²) in [6.45, 7) is 6.72. The SMILES string of the molecule is CCC(C)C(=O)c1nc(C)c(CNC)s1. The van der Waals surface area contributed by atoms with Crippen LogP contribution in [0, 0.1) is 12.8 Å². The van der Waals surface area contributed by atoms with Gasteiger partial charge >= 0.3 is 0 Å². The van der Waals surface area contributed by atoms with Gasteiger partial charge in [-0.3, -0.25) is 4.79 Å². The lowest BCUT2D eigenvalue weighted by molar-refractivity contribution is 0.0926. The van der Waals surface area contributed by atoms with E-state index in [9.17, 15) is 4.79 Å². The van der Waals surface area contributed by atoms with Crippen molar-refractivity contribution in [1.82, 2.24) is 10.3 Å². The molecular formula is C11H18N2OS. The van der Waals surface area contributed by atoms with Crippen LogP contribution in [0.15, 0.2) is 0 Å². The van der Waals surface area contributed by atoms with Crippen molar-refractivity contribution >= 4 is 17.1 Å². The lowest BCUT2D eigenvalue weighted by atomic mass is 10.0. The van der Waals surface area contributed by atoms with Crippen LogP contribution < -0.4 is 5.32 Å². The number of aromatic nitrogens is 1. The quantitative estimate of drug-likeness (QED) is 0.784. The summed E-state index contributed by atoms with van der Waals surface area (Å²) >= 11 is 1.51. The Labute approximate surface area is 94.9 Å². The van der Waals surface area contributed by atoms with Crippen LogP contribution in [-0.2, 0) is 6.54 Å². The van der Waals surface area contributed by atoms with Crippen molar-refractivity contribution in [3.63, 3.8) is 0 Å². The Morgan fingerprint density at radius 1 is 1.60 bits per heavy atom. The van der Waals surface area contributed by atoms with Gasteiger partial charge in [-0.05, 0) is 20.4 Å². The molecule has 0 saturated heterocycles. The van der Waals surface area contributed by atoms with Gasteiger partial charge in [0.15, 0.2) is 10.8 Å². The Balaban J connectivity index is 2.87. The second kappa shape index (κ2) is 5.37. The summed E-state index contributed by atoms with van der Waals surface area (Å²) in [6, 6.07) is 0. The van der Waals surface area contributed by atoms with Gasteiger partial charge in [0.2, 0.25) is 0 Å². The molecule has 3 nitrogen and oxygen atoms in total. The zero-order chi connectivity index (χ0) is 11.4. The van der Waals surface area contributed by atoms with E-state index in [1.54, 1.807) is 0 Å². The van der Waals surface area contributed by atoms with Gasteiger partial charge in [-0.2, -0.15) is 0 Å². The van der Waals surface area contributed by atoms with E-state index >= 15 is 0 Å². The van der Waals surface area contributed by atoms with E-state index in [-0.39, 0.29) is 11.7 Å². The highest BCUT2D eigenvalue weighted by molar-refractivity contribution is 7.13. The number of thiazole rings is 1. The normalized spacial score (nSPS) is 12.8.